The molecule has 1 aliphatic rings. The molecule has 2 aromatic carbocycles. The van der Waals surface area contributed by atoms with Crippen molar-refractivity contribution in [2.24, 2.45) is 0 Å². The minimum absolute atomic E-state index is 0.00166. The van der Waals surface area contributed by atoms with Crippen molar-refractivity contribution in [3.63, 3.8) is 0 Å². The largest absolute Gasteiger partial charge is 0.339 e. The molecule has 192 valence electrons. The molecule has 2 aromatic heterocycles. The third kappa shape index (κ3) is 5.13. The molecule has 1 aliphatic heterocycles. The van der Waals surface area contributed by atoms with E-state index in [9.17, 15) is 9.18 Å². The lowest BCUT2D eigenvalue weighted by Crippen LogP contribution is -2.33. The number of carbonyl (C=O) groups is 1. The summed E-state index contributed by atoms with van der Waals surface area (Å²) < 4.78 is 16.3. The Labute approximate surface area is 222 Å². The summed E-state index contributed by atoms with van der Waals surface area (Å²) in [4.78, 5) is 21.8. The number of carbonyl (C=O) groups excluding carboxylic acids is 1. The summed E-state index contributed by atoms with van der Waals surface area (Å²) in [6.07, 6.45) is 7.82. The molecule has 5 nitrogen and oxygen atoms in total. The highest BCUT2D eigenvalue weighted by Crippen LogP contribution is 2.36. The van der Waals surface area contributed by atoms with Crippen LogP contribution in [0.1, 0.15) is 54.1 Å². The average molecular weight is 519 g/mol. The summed E-state index contributed by atoms with van der Waals surface area (Å²) in [7, 11) is 1.75. The van der Waals surface area contributed by atoms with Gasteiger partial charge in [-0.1, -0.05) is 29.8 Å². The van der Waals surface area contributed by atoms with E-state index in [0.717, 1.165) is 54.0 Å². The maximum Gasteiger partial charge on any atom is 0.256 e. The molecule has 0 spiro atoms. The van der Waals surface area contributed by atoms with Crippen molar-refractivity contribution in [2.75, 3.05) is 20.1 Å². The molecule has 5 rings (SSSR count). The first-order chi connectivity index (χ1) is 17.8. The monoisotopic (exact) mass is 518 g/mol. The Hall–Kier alpha value is -3.22. The van der Waals surface area contributed by atoms with Gasteiger partial charge < -0.3 is 9.47 Å². The fourth-order valence-corrected chi connectivity index (χ4v) is 5.40. The van der Waals surface area contributed by atoms with E-state index >= 15 is 0 Å². The van der Waals surface area contributed by atoms with E-state index in [4.69, 9.17) is 11.6 Å². The lowest BCUT2D eigenvalue weighted by atomic mass is 9.89. The normalized spacial score (nSPS) is 15.0. The third-order valence-electron chi connectivity index (χ3n) is 7.56. The Morgan fingerprint density at radius 2 is 1.92 bits per heavy atom. The van der Waals surface area contributed by atoms with Crippen molar-refractivity contribution in [1.29, 1.82) is 0 Å². The highest BCUT2D eigenvalue weighted by atomic mass is 35.5. The Morgan fingerprint density at radius 3 is 2.65 bits per heavy atom. The van der Waals surface area contributed by atoms with Gasteiger partial charge in [0.2, 0.25) is 0 Å². The van der Waals surface area contributed by atoms with Crippen LogP contribution >= 0.6 is 11.6 Å². The number of benzene rings is 2. The number of aromatic nitrogens is 2. The molecule has 0 unspecified atom stereocenters. The molecule has 0 atom stereocenters. The van der Waals surface area contributed by atoms with Crippen LogP contribution in [-0.4, -0.2) is 51.4 Å². The van der Waals surface area contributed by atoms with Gasteiger partial charge in [-0.15, -0.1) is 0 Å². The molecule has 37 heavy (non-hydrogen) atoms. The van der Waals surface area contributed by atoms with Gasteiger partial charge in [0, 0.05) is 42.4 Å². The zero-order valence-corrected chi connectivity index (χ0v) is 22.3. The Kier molecular flexibility index (Phi) is 7.31. The van der Waals surface area contributed by atoms with Crippen LogP contribution in [0.5, 0.6) is 0 Å². The summed E-state index contributed by atoms with van der Waals surface area (Å²) in [5.74, 6) is -0.249. The van der Waals surface area contributed by atoms with E-state index in [0.29, 0.717) is 17.2 Å². The SMILES string of the molecule is CC(C)N(C)C(=O)c1cc(F)ccc1-n1cc(C2CCN(Cc3ccccc3Cl)CC2)c2ccncc21. The number of rotatable bonds is 6. The summed E-state index contributed by atoms with van der Waals surface area (Å²) >= 11 is 6.39. The van der Waals surface area contributed by atoms with E-state index in [-0.39, 0.29) is 11.9 Å². The van der Waals surface area contributed by atoms with Gasteiger partial charge in [0.05, 0.1) is 23.0 Å². The highest BCUT2D eigenvalue weighted by molar-refractivity contribution is 6.31. The maximum atomic E-state index is 14.3. The molecular formula is C30H32ClFN4O. The van der Waals surface area contributed by atoms with E-state index < -0.39 is 5.82 Å². The average Bonchev–Trinajstić information content (AvgIpc) is 3.29. The number of likely N-dealkylation sites (tertiary alicyclic amines) is 1. The van der Waals surface area contributed by atoms with Gasteiger partial charge in [-0.25, -0.2) is 4.39 Å². The Morgan fingerprint density at radius 1 is 1.16 bits per heavy atom. The van der Waals surface area contributed by atoms with Crippen molar-refractivity contribution in [1.82, 2.24) is 19.4 Å². The first-order valence-corrected chi connectivity index (χ1v) is 13.2. The summed E-state index contributed by atoms with van der Waals surface area (Å²) in [5.41, 5.74) is 4.33. The third-order valence-corrected chi connectivity index (χ3v) is 7.93. The van der Waals surface area contributed by atoms with Crippen LogP contribution in [-0.2, 0) is 6.54 Å². The summed E-state index contributed by atoms with van der Waals surface area (Å²) in [6, 6.07) is 14.5. The fourth-order valence-electron chi connectivity index (χ4n) is 5.21. The summed E-state index contributed by atoms with van der Waals surface area (Å²) in [6.45, 7) is 6.70. The zero-order chi connectivity index (χ0) is 26.1. The highest BCUT2D eigenvalue weighted by Gasteiger charge is 2.26. The minimum Gasteiger partial charge on any atom is -0.339 e. The van der Waals surface area contributed by atoms with Crippen LogP contribution in [0.3, 0.4) is 0 Å². The van der Waals surface area contributed by atoms with Gasteiger partial charge in [-0.3, -0.25) is 14.7 Å². The molecule has 4 aromatic rings. The van der Waals surface area contributed by atoms with Crippen LogP contribution in [0.15, 0.2) is 67.1 Å². The zero-order valence-electron chi connectivity index (χ0n) is 21.5. The van der Waals surface area contributed by atoms with E-state index in [1.165, 1.54) is 17.7 Å². The van der Waals surface area contributed by atoms with Crippen molar-refractivity contribution in [3.05, 3.63) is 94.7 Å². The van der Waals surface area contributed by atoms with Crippen molar-refractivity contribution in [2.45, 2.75) is 45.2 Å². The summed E-state index contributed by atoms with van der Waals surface area (Å²) in [5, 5.41) is 1.94. The molecular weight excluding hydrogens is 487 g/mol. The van der Waals surface area contributed by atoms with Gasteiger partial charge in [0.15, 0.2) is 0 Å². The number of halogens is 2. The first kappa shape index (κ1) is 25.4. The van der Waals surface area contributed by atoms with Gasteiger partial charge in [0.1, 0.15) is 5.82 Å². The molecule has 0 radical (unpaired) electrons. The molecule has 0 saturated carbocycles. The quantitative estimate of drug-likeness (QED) is 0.286. The smallest absolute Gasteiger partial charge is 0.256 e. The van der Waals surface area contributed by atoms with Crippen LogP contribution in [0, 0.1) is 5.82 Å². The predicted octanol–water partition coefficient (Wildman–Crippen LogP) is 6.68. The van der Waals surface area contributed by atoms with Crippen LogP contribution in [0.4, 0.5) is 4.39 Å². The molecule has 0 aliphatic carbocycles. The molecule has 1 saturated heterocycles. The van der Waals surface area contributed by atoms with Gasteiger partial charge in [-0.05, 0) is 87.2 Å². The second-order valence-corrected chi connectivity index (χ2v) is 10.6. The number of pyridine rings is 1. The van der Waals surface area contributed by atoms with Crippen LogP contribution in [0.2, 0.25) is 5.02 Å². The van der Waals surface area contributed by atoms with Gasteiger partial charge in [-0.2, -0.15) is 0 Å². The standard InChI is InChI=1S/C30H32ClFN4O/c1-20(2)34(3)30(37)25-16-23(32)8-9-28(25)36-19-26(24-10-13-33-17-29(24)36)21-11-14-35(15-12-21)18-22-6-4-5-7-27(22)31/h4-10,13,16-17,19-21H,11-12,14-15,18H2,1-3H3. The Balaban J connectivity index is 1.46. The number of fused-ring (bicyclic) bond motifs is 1. The van der Waals surface area contributed by atoms with E-state index in [1.54, 1.807) is 18.0 Å². The van der Waals surface area contributed by atoms with Gasteiger partial charge >= 0.3 is 0 Å². The number of piperidine rings is 1. The Bertz CT molecular complexity index is 1420. The van der Waals surface area contributed by atoms with Crippen LogP contribution in [0.25, 0.3) is 16.6 Å². The van der Waals surface area contributed by atoms with Crippen molar-refractivity contribution >= 4 is 28.4 Å². The maximum absolute atomic E-state index is 14.3. The molecule has 0 bridgehead atoms. The minimum atomic E-state index is -0.426. The molecule has 1 fully saturated rings. The van der Waals surface area contributed by atoms with Crippen molar-refractivity contribution in [3.8, 4) is 5.69 Å². The lowest BCUT2D eigenvalue weighted by molar-refractivity contribution is 0.0754. The van der Waals surface area contributed by atoms with E-state index in [2.05, 4.69) is 22.1 Å². The molecule has 1 amide bonds. The topological polar surface area (TPSA) is 41.4 Å². The second-order valence-electron chi connectivity index (χ2n) is 10.2. The van der Waals surface area contributed by atoms with Crippen LogP contribution < -0.4 is 0 Å². The number of nitrogens with zero attached hydrogens (tertiary/aromatic N) is 4. The van der Waals surface area contributed by atoms with Gasteiger partial charge in [0.25, 0.3) is 5.91 Å². The second kappa shape index (κ2) is 10.6. The fraction of sp³-hybridized carbons (Fsp3) is 0.333. The number of amides is 1. The first-order valence-electron chi connectivity index (χ1n) is 12.8. The lowest BCUT2D eigenvalue weighted by Gasteiger charge is -2.32. The van der Waals surface area contributed by atoms with Crippen molar-refractivity contribution < 1.29 is 9.18 Å². The predicted molar refractivity (Wildman–Crippen MR) is 147 cm³/mol. The van der Waals surface area contributed by atoms with E-state index in [1.807, 2.05) is 55.1 Å². The molecule has 7 heteroatoms. The number of hydrogen-bond acceptors (Lipinski definition) is 3. The molecule has 0 N–H and O–H groups in total. The number of hydrogen-bond donors (Lipinski definition) is 0. The molecule has 3 heterocycles.